The van der Waals surface area contributed by atoms with Crippen molar-refractivity contribution in [3.05, 3.63) is 11.6 Å². The average molecular weight is 360 g/mol. The molecule has 0 bridgehead atoms. The Bertz CT molecular complexity index is 653. The molecule has 4 heteroatoms. The highest BCUT2D eigenvalue weighted by molar-refractivity contribution is 5.91. The quantitative estimate of drug-likeness (QED) is 0.761. The van der Waals surface area contributed by atoms with E-state index in [9.17, 15) is 14.7 Å². The van der Waals surface area contributed by atoms with Crippen LogP contribution in [0, 0.1) is 28.6 Å². The van der Waals surface area contributed by atoms with Crippen LogP contribution in [0.25, 0.3) is 0 Å². The van der Waals surface area contributed by atoms with Crippen molar-refractivity contribution < 1.29 is 19.4 Å². The van der Waals surface area contributed by atoms with E-state index in [2.05, 4.69) is 13.8 Å². The fourth-order valence-electron chi connectivity index (χ4n) is 7.08. The summed E-state index contributed by atoms with van der Waals surface area (Å²) in [6.07, 6.45) is 8.04. The predicted octanol–water partition coefficient (Wildman–Crippen LogP) is 3.81. The molecule has 0 radical (unpaired) electrons. The number of carbonyl (C=O) groups is 2. The third-order valence-electron chi connectivity index (χ3n) is 8.37. The predicted molar refractivity (Wildman–Crippen MR) is 98.3 cm³/mol. The number of aliphatic hydroxyl groups is 1. The van der Waals surface area contributed by atoms with Crippen molar-refractivity contribution in [2.45, 2.75) is 84.3 Å². The lowest BCUT2D eigenvalue weighted by Crippen LogP contribution is -2.57. The number of aliphatic hydroxyl groups excluding tert-OH is 1. The lowest BCUT2D eigenvalue weighted by molar-refractivity contribution is -0.170. The Hall–Kier alpha value is -1.16. The van der Waals surface area contributed by atoms with Crippen LogP contribution in [-0.2, 0) is 14.3 Å². The molecule has 26 heavy (non-hydrogen) atoms. The zero-order valence-electron chi connectivity index (χ0n) is 16.3. The van der Waals surface area contributed by atoms with Crippen LogP contribution in [0.3, 0.4) is 0 Å². The van der Waals surface area contributed by atoms with Crippen LogP contribution in [0.2, 0.25) is 0 Å². The van der Waals surface area contributed by atoms with E-state index in [0.29, 0.717) is 31.1 Å². The first-order valence-electron chi connectivity index (χ1n) is 10.4. The number of hydrogen-bond acceptors (Lipinski definition) is 4. The summed E-state index contributed by atoms with van der Waals surface area (Å²) < 4.78 is 5.80. The molecular weight excluding hydrogens is 328 g/mol. The molecular formula is C22H32O4. The van der Waals surface area contributed by atoms with E-state index in [1.54, 1.807) is 0 Å². The van der Waals surface area contributed by atoms with E-state index >= 15 is 0 Å². The molecule has 0 aliphatic heterocycles. The molecule has 4 aliphatic carbocycles. The lowest BCUT2D eigenvalue weighted by atomic mass is 9.46. The third-order valence-corrected chi connectivity index (χ3v) is 8.37. The summed E-state index contributed by atoms with van der Waals surface area (Å²) in [7, 11) is 0. The van der Waals surface area contributed by atoms with Gasteiger partial charge in [-0.3, -0.25) is 9.59 Å². The molecule has 1 N–H and O–H groups in total. The molecule has 0 aromatic rings. The van der Waals surface area contributed by atoms with Gasteiger partial charge in [-0.15, -0.1) is 0 Å². The SMILES string of the molecule is CCC(=O)O[C@H]1CC[C@@H]2[C@H]3CCC4=CC(=O)CC[C@]4(C)[C@@H]3[C@@H](O)C[C@@]12C. The van der Waals surface area contributed by atoms with Crippen LogP contribution in [0.15, 0.2) is 11.6 Å². The molecule has 4 aliphatic rings. The maximum atomic E-state index is 11.9. The van der Waals surface area contributed by atoms with Crippen LogP contribution < -0.4 is 0 Å². The minimum absolute atomic E-state index is 0.0459. The second kappa shape index (κ2) is 6.19. The highest BCUT2D eigenvalue weighted by Gasteiger charge is 2.62. The summed E-state index contributed by atoms with van der Waals surface area (Å²) in [5.74, 6) is 1.32. The van der Waals surface area contributed by atoms with Crippen molar-refractivity contribution in [3.8, 4) is 0 Å². The minimum atomic E-state index is -0.385. The Morgan fingerprint density at radius 1 is 1.27 bits per heavy atom. The van der Waals surface area contributed by atoms with E-state index in [0.717, 1.165) is 32.1 Å². The Kier molecular flexibility index (Phi) is 4.33. The Morgan fingerprint density at radius 3 is 2.77 bits per heavy atom. The topological polar surface area (TPSA) is 63.6 Å². The van der Waals surface area contributed by atoms with Crippen LogP contribution in [0.4, 0.5) is 0 Å². The van der Waals surface area contributed by atoms with Crippen molar-refractivity contribution in [2.24, 2.45) is 28.6 Å². The van der Waals surface area contributed by atoms with Crippen LogP contribution in [0.1, 0.15) is 72.1 Å². The van der Waals surface area contributed by atoms with Gasteiger partial charge < -0.3 is 9.84 Å². The molecule has 0 saturated heterocycles. The van der Waals surface area contributed by atoms with Gasteiger partial charge in [-0.25, -0.2) is 0 Å². The smallest absolute Gasteiger partial charge is 0.305 e. The van der Waals surface area contributed by atoms with Gasteiger partial charge in [0.25, 0.3) is 0 Å². The van der Waals surface area contributed by atoms with Gasteiger partial charge in [-0.05, 0) is 67.8 Å². The maximum absolute atomic E-state index is 11.9. The van der Waals surface area contributed by atoms with E-state index in [1.165, 1.54) is 5.57 Å². The van der Waals surface area contributed by atoms with Crippen LogP contribution in [0.5, 0.6) is 0 Å². The Labute approximate surface area is 156 Å². The van der Waals surface area contributed by atoms with E-state index in [1.807, 2.05) is 13.0 Å². The van der Waals surface area contributed by atoms with Gasteiger partial charge in [0.05, 0.1) is 6.10 Å². The number of allylic oxidation sites excluding steroid dienone is 1. The number of ether oxygens (including phenoxy) is 1. The molecule has 3 saturated carbocycles. The van der Waals surface area contributed by atoms with Crippen molar-refractivity contribution >= 4 is 11.8 Å². The van der Waals surface area contributed by atoms with Gasteiger partial charge in [0.2, 0.25) is 0 Å². The highest BCUT2D eigenvalue weighted by Crippen LogP contribution is 2.65. The van der Waals surface area contributed by atoms with Crippen molar-refractivity contribution in [2.75, 3.05) is 0 Å². The molecule has 0 aromatic heterocycles. The third kappa shape index (κ3) is 2.51. The lowest BCUT2D eigenvalue weighted by Gasteiger charge is -2.59. The zero-order chi connectivity index (χ0) is 18.7. The molecule has 0 spiro atoms. The number of carbonyl (C=O) groups excluding carboxylic acids is 2. The standard InChI is InChI=1S/C22H32O4/c1-4-19(25)26-18-8-7-16-15-6-5-13-11-14(23)9-10-21(13,2)20(15)17(24)12-22(16,18)3/h11,15-18,20,24H,4-10,12H2,1-3H3/t15-,16-,17+,18+,20+,21+,22-/m1/s1. The number of rotatable bonds is 2. The summed E-state index contributed by atoms with van der Waals surface area (Å²) in [5.41, 5.74) is 1.10. The van der Waals surface area contributed by atoms with Gasteiger partial charge in [0.15, 0.2) is 5.78 Å². The van der Waals surface area contributed by atoms with Gasteiger partial charge in [-0.1, -0.05) is 26.3 Å². The maximum Gasteiger partial charge on any atom is 0.305 e. The second-order valence-corrected chi connectivity index (χ2v) is 9.57. The highest BCUT2D eigenvalue weighted by atomic mass is 16.5. The summed E-state index contributed by atoms with van der Waals surface area (Å²) in [6.45, 7) is 6.34. The van der Waals surface area contributed by atoms with Crippen molar-refractivity contribution in [3.63, 3.8) is 0 Å². The number of ketones is 1. The van der Waals surface area contributed by atoms with Crippen molar-refractivity contribution in [1.82, 2.24) is 0 Å². The van der Waals surface area contributed by atoms with Gasteiger partial charge in [0.1, 0.15) is 6.10 Å². The van der Waals surface area contributed by atoms with Gasteiger partial charge >= 0.3 is 5.97 Å². The molecule has 7 atom stereocenters. The van der Waals surface area contributed by atoms with Crippen LogP contribution in [-0.4, -0.2) is 29.1 Å². The Balaban J connectivity index is 1.64. The molecule has 0 unspecified atom stereocenters. The monoisotopic (exact) mass is 360 g/mol. The number of fused-ring (bicyclic) bond motifs is 5. The molecule has 4 rings (SSSR count). The van der Waals surface area contributed by atoms with E-state index in [4.69, 9.17) is 4.74 Å². The summed E-state index contributed by atoms with van der Waals surface area (Å²) in [4.78, 5) is 23.8. The van der Waals surface area contributed by atoms with Gasteiger partial charge in [-0.2, -0.15) is 0 Å². The largest absolute Gasteiger partial charge is 0.462 e. The summed E-state index contributed by atoms with van der Waals surface area (Å²) >= 11 is 0. The van der Waals surface area contributed by atoms with Crippen molar-refractivity contribution in [1.29, 1.82) is 0 Å². The fourth-order valence-corrected chi connectivity index (χ4v) is 7.08. The van der Waals surface area contributed by atoms with E-state index < -0.39 is 0 Å². The Morgan fingerprint density at radius 2 is 2.04 bits per heavy atom. The number of esters is 1. The molecule has 144 valence electrons. The zero-order valence-corrected chi connectivity index (χ0v) is 16.3. The molecule has 0 aromatic carbocycles. The fraction of sp³-hybridized carbons (Fsp3) is 0.818. The first-order chi connectivity index (χ1) is 12.3. The summed E-state index contributed by atoms with van der Waals surface area (Å²) in [5, 5.41) is 11.2. The first-order valence-corrected chi connectivity index (χ1v) is 10.4. The average Bonchev–Trinajstić information content (AvgIpc) is 2.91. The first kappa shape index (κ1) is 18.2. The summed E-state index contributed by atoms with van der Waals surface area (Å²) in [6, 6.07) is 0. The normalized spacial score (nSPS) is 47.5. The van der Waals surface area contributed by atoms with E-state index in [-0.39, 0.29) is 40.7 Å². The van der Waals surface area contributed by atoms with Gasteiger partial charge in [0, 0.05) is 18.3 Å². The molecule has 3 fully saturated rings. The molecule has 4 nitrogen and oxygen atoms in total. The minimum Gasteiger partial charge on any atom is -0.462 e. The molecule has 0 amide bonds. The molecule has 0 heterocycles. The number of hydrogen-bond donors (Lipinski definition) is 1. The van der Waals surface area contributed by atoms with Crippen LogP contribution >= 0.6 is 0 Å². The second-order valence-electron chi connectivity index (χ2n) is 9.57.